The van der Waals surface area contributed by atoms with Crippen LogP contribution in [0, 0.1) is 34.6 Å². The highest BCUT2D eigenvalue weighted by molar-refractivity contribution is 7.15. The molecule has 25 heavy (non-hydrogen) atoms. The van der Waals surface area contributed by atoms with E-state index in [4.69, 9.17) is 0 Å². The van der Waals surface area contributed by atoms with E-state index in [2.05, 4.69) is 30.6 Å². The number of hydrogen-bond donors (Lipinski definition) is 1. The maximum absolute atomic E-state index is 12.3. The number of amides is 1. The second-order valence-electron chi connectivity index (χ2n) is 5.86. The Morgan fingerprint density at radius 1 is 1.12 bits per heavy atom. The van der Waals surface area contributed by atoms with Crippen LogP contribution < -0.4 is 5.32 Å². The minimum Gasteiger partial charge on any atom is -0.300 e. The van der Waals surface area contributed by atoms with Gasteiger partial charge in [0, 0.05) is 22.6 Å². The molecule has 0 fully saturated rings. The molecular weight excluding hydrogens is 338 g/mol. The van der Waals surface area contributed by atoms with Crippen LogP contribution in [0.3, 0.4) is 0 Å². The molecular formula is C16H19N7OS. The largest absolute Gasteiger partial charge is 0.300 e. The van der Waals surface area contributed by atoms with Gasteiger partial charge in [-0.25, -0.2) is 14.6 Å². The van der Waals surface area contributed by atoms with Crippen LogP contribution in [-0.2, 0) is 11.2 Å². The zero-order valence-electron chi connectivity index (χ0n) is 14.8. The second-order valence-corrected chi connectivity index (χ2v) is 7.04. The number of aryl methyl sites for hydroxylation is 4. The lowest BCUT2D eigenvalue weighted by Crippen LogP contribution is -2.15. The van der Waals surface area contributed by atoms with Gasteiger partial charge in [-0.2, -0.15) is 5.10 Å². The predicted molar refractivity (Wildman–Crippen MR) is 95.1 cm³/mol. The monoisotopic (exact) mass is 357 g/mol. The van der Waals surface area contributed by atoms with Gasteiger partial charge in [-0.05, 0) is 40.7 Å². The lowest BCUT2D eigenvalue weighted by atomic mass is 10.1. The fraction of sp³-hybridized carbons (Fsp3) is 0.375. The minimum absolute atomic E-state index is 0.150. The standard InChI is InChI=1S/C16H19N7OS/c1-8-6-9(2)18-15(17-8)23-11(4)13(10(3)22-23)7-14(24)19-16-21-20-12(5)25-16/h6H,7H2,1-5H3,(H,19,21,24). The first-order valence-corrected chi connectivity index (χ1v) is 8.63. The summed E-state index contributed by atoms with van der Waals surface area (Å²) in [4.78, 5) is 21.2. The maximum atomic E-state index is 12.3. The summed E-state index contributed by atoms with van der Waals surface area (Å²) >= 11 is 1.35. The zero-order chi connectivity index (χ0) is 18.1. The molecule has 1 N–H and O–H groups in total. The van der Waals surface area contributed by atoms with Crippen LogP contribution in [0.4, 0.5) is 5.13 Å². The summed E-state index contributed by atoms with van der Waals surface area (Å²) < 4.78 is 1.69. The van der Waals surface area contributed by atoms with E-state index in [1.807, 2.05) is 40.7 Å². The Bertz CT molecular complexity index is 924. The molecule has 1 amide bonds. The van der Waals surface area contributed by atoms with Crippen molar-refractivity contribution in [2.24, 2.45) is 0 Å². The molecule has 0 saturated carbocycles. The SMILES string of the molecule is Cc1cc(C)nc(-n2nc(C)c(CC(=O)Nc3nnc(C)s3)c2C)n1. The molecule has 0 saturated heterocycles. The fourth-order valence-electron chi connectivity index (χ4n) is 2.60. The fourth-order valence-corrected chi connectivity index (χ4v) is 3.21. The number of aromatic nitrogens is 6. The van der Waals surface area contributed by atoms with Crippen LogP contribution in [0.1, 0.15) is 33.3 Å². The number of carbonyl (C=O) groups is 1. The molecule has 8 nitrogen and oxygen atoms in total. The summed E-state index contributed by atoms with van der Waals surface area (Å²) in [6, 6.07) is 1.91. The Labute approximate surface area is 149 Å². The van der Waals surface area contributed by atoms with Crippen molar-refractivity contribution in [2.75, 3.05) is 5.32 Å². The van der Waals surface area contributed by atoms with Gasteiger partial charge in [0.05, 0.1) is 12.1 Å². The lowest BCUT2D eigenvalue weighted by molar-refractivity contribution is -0.115. The van der Waals surface area contributed by atoms with Gasteiger partial charge in [-0.3, -0.25) is 4.79 Å². The average molecular weight is 357 g/mol. The molecule has 3 rings (SSSR count). The molecule has 0 aliphatic rings. The molecule has 9 heteroatoms. The predicted octanol–water partition coefficient (Wildman–Crippen LogP) is 2.24. The van der Waals surface area contributed by atoms with Gasteiger partial charge in [0.25, 0.3) is 5.95 Å². The highest BCUT2D eigenvalue weighted by Gasteiger charge is 2.18. The molecule has 130 valence electrons. The van der Waals surface area contributed by atoms with Crippen molar-refractivity contribution >= 4 is 22.4 Å². The first kappa shape index (κ1) is 17.2. The number of nitrogens with one attached hydrogen (secondary N) is 1. The molecule has 0 atom stereocenters. The van der Waals surface area contributed by atoms with Gasteiger partial charge >= 0.3 is 0 Å². The minimum atomic E-state index is -0.150. The van der Waals surface area contributed by atoms with Crippen molar-refractivity contribution in [2.45, 2.75) is 41.0 Å². The highest BCUT2D eigenvalue weighted by atomic mass is 32.1. The summed E-state index contributed by atoms with van der Waals surface area (Å²) in [5, 5.41) is 16.4. The highest BCUT2D eigenvalue weighted by Crippen LogP contribution is 2.19. The van der Waals surface area contributed by atoms with Crippen LogP contribution in [0.5, 0.6) is 0 Å². The van der Waals surface area contributed by atoms with E-state index < -0.39 is 0 Å². The van der Waals surface area contributed by atoms with E-state index in [1.54, 1.807) is 4.68 Å². The normalized spacial score (nSPS) is 10.9. The van der Waals surface area contributed by atoms with Crippen LogP contribution >= 0.6 is 11.3 Å². The van der Waals surface area contributed by atoms with Crippen molar-refractivity contribution in [1.82, 2.24) is 29.9 Å². The number of nitrogens with zero attached hydrogens (tertiary/aromatic N) is 6. The molecule has 0 bridgehead atoms. The quantitative estimate of drug-likeness (QED) is 0.769. The Morgan fingerprint density at radius 2 is 1.80 bits per heavy atom. The molecule has 3 aromatic heterocycles. The smallest absolute Gasteiger partial charge is 0.251 e. The average Bonchev–Trinajstić information content (AvgIpc) is 3.04. The molecule has 3 heterocycles. The lowest BCUT2D eigenvalue weighted by Gasteiger charge is -2.06. The van der Waals surface area contributed by atoms with Crippen LogP contribution in [0.25, 0.3) is 5.95 Å². The van der Waals surface area contributed by atoms with Gasteiger partial charge in [-0.15, -0.1) is 10.2 Å². The summed E-state index contributed by atoms with van der Waals surface area (Å²) in [5.74, 6) is 0.368. The number of rotatable bonds is 4. The van der Waals surface area contributed by atoms with E-state index in [0.717, 1.165) is 33.3 Å². The van der Waals surface area contributed by atoms with Crippen molar-refractivity contribution in [3.8, 4) is 5.95 Å². The van der Waals surface area contributed by atoms with Crippen molar-refractivity contribution in [3.05, 3.63) is 39.4 Å². The van der Waals surface area contributed by atoms with Crippen LogP contribution in [-0.4, -0.2) is 35.9 Å². The third kappa shape index (κ3) is 3.71. The van der Waals surface area contributed by atoms with E-state index in [0.29, 0.717) is 11.1 Å². The molecule has 0 unspecified atom stereocenters. The van der Waals surface area contributed by atoms with Gasteiger partial charge in [0.15, 0.2) is 0 Å². The van der Waals surface area contributed by atoms with Gasteiger partial charge in [0.1, 0.15) is 5.01 Å². The van der Waals surface area contributed by atoms with E-state index in [-0.39, 0.29) is 12.3 Å². The Hall–Kier alpha value is -2.68. The topological polar surface area (TPSA) is 98.5 Å². The molecule has 0 aliphatic carbocycles. The third-order valence-electron chi connectivity index (χ3n) is 3.71. The molecule has 0 spiro atoms. The Balaban J connectivity index is 1.85. The molecule has 0 radical (unpaired) electrons. The molecule has 3 aromatic rings. The second kappa shape index (κ2) is 6.67. The first-order valence-electron chi connectivity index (χ1n) is 7.81. The summed E-state index contributed by atoms with van der Waals surface area (Å²) in [5.41, 5.74) is 4.25. The number of carbonyl (C=O) groups excluding carboxylic acids is 1. The van der Waals surface area contributed by atoms with Gasteiger partial charge in [-0.1, -0.05) is 11.3 Å². The van der Waals surface area contributed by atoms with Gasteiger partial charge in [0.2, 0.25) is 11.0 Å². The van der Waals surface area contributed by atoms with Crippen LogP contribution in [0.2, 0.25) is 0 Å². The maximum Gasteiger partial charge on any atom is 0.251 e. The van der Waals surface area contributed by atoms with Crippen molar-refractivity contribution in [1.29, 1.82) is 0 Å². The summed E-state index contributed by atoms with van der Waals surface area (Å²) in [6.45, 7) is 9.47. The third-order valence-corrected chi connectivity index (χ3v) is 4.46. The summed E-state index contributed by atoms with van der Waals surface area (Å²) in [7, 11) is 0. The Kier molecular flexibility index (Phi) is 4.58. The molecule has 0 aliphatic heterocycles. The van der Waals surface area contributed by atoms with Crippen molar-refractivity contribution in [3.63, 3.8) is 0 Å². The Morgan fingerprint density at radius 3 is 2.40 bits per heavy atom. The summed E-state index contributed by atoms with van der Waals surface area (Å²) in [6.07, 6.45) is 0.209. The number of hydrogen-bond acceptors (Lipinski definition) is 7. The van der Waals surface area contributed by atoms with Crippen LogP contribution in [0.15, 0.2) is 6.07 Å². The van der Waals surface area contributed by atoms with E-state index in [9.17, 15) is 4.79 Å². The van der Waals surface area contributed by atoms with Crippen molar-refractivity contribution < 1.29 is 4.79 Å². The zero-order valence-corrected chi connectivity index (χ0v) is 15.6. The first-order chi connectivity index (χ1) is 11.8. The van der Waals surface area contributed by atoms with E-state index >= 15 is 0 Å². The number of anilines is 1. The van der Waals surface area contributed by atoms with E-state index in [1.165, 1.54) is 11.3 Å². The van der Waals surface area contributed by atoms with Gasteiger partial charge < -0.3 is 5.32 Å². The molecule has 0 aromatic carbocycles.